The minimum absolute atomic E-state index is 0. The third-order valence-electron chi connectivity index (χ3n) is 5.56. The first-order chi connectivity index (χ1) is 14.8. The molecule has 1 amide bonds. The summed E-state index contributed by atoms with van der Waals surface area (Å²) in [5.74, 6) is 0.232. The number of hydrogen-bond acceptors (Lipinski definition) is 3. The first-order valence-electron chi connectivity index (χ1n) is 10.1. The van der Waals surface area contributed by atoms with Crippen molar-refractivity contribution in [3.8, 4) is 5.75 Å². The number of aromatic nitrogens is 1. The van der Waals surface area contributed by atoms with Gasteiger partial charge in [-0.3, -0.25) is 9.69 Å². The smallest absolute Gasteiger partial charge is 0.422 e. The molecule has 0 saturated carbocycles. The molecule has 1 aliphatic heterocycles. The van der Waals surface area contributed by atoms with Gasteiger partial charge in [0.05, 0.1) is 0 Å². The number of piperazine rings is 1. The largest absolute Gasteiger partial charge is 0.484 e. The molecule has 0 aliphatic carbocycles. The highest BCUT2D eigenvalue weighted by molar-refractivity contribution is 5.98. The van der Waals surface area contributed by atoms with Gasteiger partial charge >= 0.3 is 6.18 Å². The van der Waals surface area contributed by atoms with Gasteiger partial charge in [0.1, 0.15) is 11.4 Å². The van der Waals surface area contributed by atoms with E-state index >= 15 is 0 Å². The number of aryl methyl sites for hydroxylation is 1. The van der Waals surface area contributed by atoms with Crippen molar-refractivity contribution in [2.45, 2.75) is 12.7 Å². The van der Waals surface area contributed by atoms with Crippen molar-refractivity contribution < 1.29 is 22.7 Å². The summed E-state index contributed by atoms with van der Waals surface area (Å²) in [7, 11) is 1.91. The van der Waals surface area contributed by atoms with Gasteiger partial charge < -0.3 is 14.2 Å². The van der Waals surface area contributed by atoms with Crippen LogP contribution in [0.15, 0.2) is 54.6 Å². The molecule has 0 unspecified atom stereocenters. The Bertz CT molecular complexity index is 1060. The number of rotatable bonds is 5. The normalized spacial score (nSPS) is 14.9. The molecule has 1 saturated heterocycles. The van der Waals surface area contributed by atoms with E-state index in [1.54, 1.807) is 24.3 Å². The number of ether oxygens (including phenoxy) is 1. The zero-order valence-electron chi connectivity index (χ0n) is 17.6. The van der Waals surface area contributed by atoms with Gasteiger partial charge in [0.25, 0.3) is 5.91 Å². The van der Waals surface area contributed by atoms with Crippen LogP contribution in [0.2, 0.25) is 0 Å². The molecule has 5 nitrogen and oxygen atoms in total. The number of hydrogen-bond donors (Lipinski definition) is 0. The highest BCUT2D eigenvalue weighted by atomic mass is 35.5. The third kappa shape index (κ3) is 5.55. The third-order valence-corrected chi connectivity index (χ3v) is 5.56. The maximum absolute atomic E-state index is 13.0. The van der Waals surface area contributed by atoms with Crippen LogP contribution in [0, 0.1) is 0 Å². The number of para-hydroxylation sites is 1. The lowest BCUT2D eigenvalue weighted by molar-refractivity contribution is -0.153. The van der Waals surface area contributed by atoms with E-state index in [0.717, 1.165) is 29.6 Å². The molecule has 32 heavy (non-hydrogen) atoms. The lowest BCUT2D eigenvalue weighted by Crippen LogP contribution is -2.48. The molecule has 1 aromatic heterocycles. The van der Waals surface area contributed by atoms with E-state index in [0.29, 0.717) is 25.3 Å². The van der Waals surface area contributed by atoms with E-state index in [2.05, 4.69) is 4.90 Å². The van der Waals surface area contributed by atoms with Gasteiger partial charge in [0.15, 0.2) is 6.61 Å². The molecule has 0 N–H and O–H groups in total. The molecule has 3 aromatic rings. The highest BCUT2D eigenvalue weighted by Gasteiger charge is 2.28. The summed E-state index contributed by atoms with van der Waals surface area (Å²) in [6.07, 6.45) is -4.35. The standard InChI is InChI=1S/C23H24F3N3O2.ClH/c1-27-20-5-3-2-4-18(20)14-21(27)22(30)29-12-10-28(11-13-29)15-17-6-8-19(9-7-17)31-16-23(24,25)26;/h2-9,14H,10-13,15-16H2,1H3;1H. The minimum atomic E-state index is -4.35. The van der Waals surface area contributed by atoms with E-state index in [1.807, 2.05) is 46.8 Å². The van der Waals surface area contributed by atoms with Crippen LogP contribution in [0.4, 0.5) is 13.2 Å². The number of amides is 1. The van der Waals surface area contributed by atoms with Crippen molar-refractivity contribution in [3.05, 3.63) is 65.9 Å². The molecule has 0 bridgehead atoms. The van der Waals surface area contributed by atoms with Crippen molar-refractivity contribution >= 4 is 29.2 Å². The maximum atomic E-state index is 13.0. The zero-order valence-corrected chi connectivity index (χ0v) is 18.5. The van der Waals surface area contributed by atoms with Crippen LogP contribution in [0.5, 0.6) is 5.75 Å². The second-order valence-corrected chi connectivity index (χ2v) is 7.76. The van der Waals surface area contributed by atoms with Crippen molar-refractivity contribution in [1.29, 1.82) is 0 Å². The van der Waals surface area contributed by atoms with Crippen LogP contribution in [0.25, 0.3) is 10.9 Å². The van der Waals surface area contributed by atoms with E-state index in [-0.39, 0.29) is 24.1 Å². The average Bonchev–Trinajstić information content (AvgIpc) is 3.09. The van der Waals surface area contributed by atoms with Crippen LogP contribution >= 0.6 is 12.4 Å². The Morgan fingerprint density at radius 1 is 1.00 bits per heavy atom. The van der Waals surface area contributed by atoms with Crippen molar-refractivity contribution in [2.24, 2.45) is 7.05 Å². The van der Waals surface area contributed by atoms with Crippen LogP contribution in [0.1, 0.15) is 16.1 Å². The Labute approximate surface area is 190 Å². The summed E-state index contributed by atoms with van der Waals surface area (Å²) >= 11 is 0. The molecule has 172 valence electrons. The van der Waals surface area contributed by atoms with Crippen molar-refractivity contribution in [1.82, 2.24) is 14.4 Å². The summed E-state index contributed by atoms with van der Waals surface area (Å²) in [5.41, 5.74) is 2.71. The number of benzene rings is 2. The van der Waals surface area contributed by atoms with Crippen molar-refractivity contribution in [3.63, 3.8) is 0 Å². The second-order valence-electron chi connectivity index (χ2n) is 7.76. The van der Waals surface area contributed by atoms with Crippen LogP contribution in [-0.2, 0) is 13.6 Å². The monoisotopic (exact) mass is 467 g/mol. The summed E-state index contributed by atoms with van der Waals surface area (Å²) in [6.45, 7) is 2.12. The fraction of sp³-hybridized carbons (Fsp3) is 0.348. The van der Waals surface area contributed by atoms with Gasteiger partial charge in [-0.05, 0) is 29.8 Å². The summed E-state index contributed by atoms with van der Waals surface area (Å²) < 4.78 is 43.4. The van der Waals surface area contributed by atoms with E-state index < -0.39 is 12.8 Å². The predicted molar refractivity (Wildman–Crippen MR) is 119 cm³/mol. The van der Waals surface area contributed by atoms with E-state index in [9.17, 15) is 18.0 Å². The van der Waals surface area contributed by atoms with E-state index in [1.165, 1.54) is 0 Å². The first kappa shape index (κ1) is 23.9. The fourth-order valence-electron chi connectivity index (χ4n) is 3.88. The van der Waals surface area contributed by atoms with Gasteiger partial charge in [0, 0.05) is 50.7 Å². The van der Waals surface area contributed by atoms with E-state index in [4.69, 9.17) is 4.74 Å². The minimum Gasteiger partial charge on any atom is -0.484 e. The number of alkyl halides is 3. The molecule has 9 heteroatoms. The Kier molecular flexibility index (Phi) is 7.36. The van der Waals surface area contributed by atoms with Crippen LogP contribution in [-0.4, -0.2) is 59.2 Å². The SMILES string of the molecule is Cl.Cn1c(C(=O)N2CCN(Cc3ccc(OCC(F)(F)F)cc3)CC2)cc2ccccc21. The molecule has 0 atom stereocenters. The lowest BCUT2D eigenvalue weighted by Gasteiger charge is -2.34. The second kappa shape index (κ2) is 9.83. The zero-order chi connectivity index (χ0) is 22.0. The Hall–Kier alpha value is -2.71. The molecule has 1 aliphatic rings. The summed E-state index contributed by atoms with van der Waals surface area (Å²) in [6, 6.07) is 16.5. The van der Waals surface area contributed by atoms with Crippen LogP contribution in [0.3, 0.4) is 0 Å². The Morgan fingerprint density at radius 2 is 1.66 bits per heavy atom. The van der Waals surface area contributed by atoms with Crippen LogP contribution < -0.4 is 4.74 Å². The quantitative estimate of drug-likeness (QED) is 0.554. The molecule has 0 radical (unpaired) electrons. The fourth-order valence-corrected chi connectivity index (χ4v) is 3.88. The molecule has 2 aromatic carbocycles. The predicted octanol–water partition coefficient (Wildman–Crippen LogP) is 4.50. The number of halogens is 4. The van der Waals surface area contributed by atoms with Gasteiger partial charge in [-0.15, -0.1) is 12.4 Å². The molecule has 2 heterocycles. The molecular formula is C23H25ClF3N3O2. The Balaban J connectivity index is 0.00000289. The molecule has 1 fully saturated rings. The average molecular weight is 468 g/mol. The summed E-state index contributed by atoms with van der Waals surface area (Å²) in [4.78, 5) is 17.1. The topological polar surface area (TPSA) is 37.7 Å². The molecule has 0 spiro atoms. The lowest BCUT2D eigenvalue weighted by atomic mass is 10.2. The molecule has 4 rings (SSSR count). The first-order valence-corrected chi connectivity index (χ1v) is 10.1. The number of nitrogens with zero attached hydrogens (tertiary/aromatic N) is 3. The highest BCUT2D eigenvalue weighted by Crippen LogP contribution is 2.22. The van der Waals surface area contributed by atoms with Gasteiger partial charge in [-0.2, -0.15) is 13.2 Å². The number of carbonyl (C=O) groups excluding carboxylic acids is 1. The van der Waals surface area contributed by atoms with Crippen molar-refractivity contribution in [2.75, 3.05) is 32.8 Å². The maximum Gasteiger partial charge on any atom is 0.422 e. The Morgan fingerprint density at radius 3 is 2.28 bits per heavy atom. The summed E-state index contributed by atoms with van der Waals surface area (Å²) in [5, 5.41) is 1.05. The molecular weight excluding hydrogens is 443 g/mol. The van der Waals surface area contributed by atoms with Gasteiger partial charge in [-0.1, -0.05) is 30.3 Å². The van der Waals surface area contributed by atoms with Gasteiger partial charge in [-0.25, -0.2) is 0 Å². The van der Waals surface area contributed by atoms with Gasteiger partial charge in [0.2, 0.25) is 0 Å². The number of fused-ring (bicyclic) bond motifs is 1. The number of carbonyl (C=O) groups is 1.